The molecule has 2 aliphatic rings. The van der Waals surface area contributed by atoms with E-state index in [0.717, 1.165) is 12.8 Å². The summed E-state index contributed by atoms with van der Waals surface area (Å²) in [5, 5.41) is 9.33. The minimum absolute atomic E-state index is 0.00581. The van der Waals surface area contributed by atoms with E-state index in [1.807, 2.05) is 0 Å². The predicted octanol–water partition coefficient (Wildman–Crippen LogP) is -0.393. The second-order valence-electron chi connectivity index (χ2n) is 4.34. The molecule has 1 aliphatic heterocycles. The molecular weight excluding hydrogens is 228 g/mol. The van der Waals surface area contributed by atoms with Crippen molar-refractivity contribution in [2.24, 2.45) is 5.92 Å². The maximum Gasteiger partial charge on any atom is 0.353 e. The number of aromatic nitrogens is 3. The fraction of sp³-hybridized carbons (Fsp3) is 0.667. The largest absolute Gasteiger partial charge is 0.395 e. The average molecular weight is 240 g/mol. The Labute approximate surface area is 95.9 Å². The van der Waals surface area contributed by atoms with Crippen molar-refractivity contribution in [1.29, 1.82) is 0 Å². The zero-order valence-electron chi connectivity index (χ0n) is 8.54. The maximum atomic E-state index is 11.6. The van der Waals surface area contributed by atoms with E-state index in [9.17, 15) is 9.90 Å². The van der Waals surface area contributed by atoms with Gasteiger partial charge in [0.15, 0.2) is 0 Å². The lowest BCUT2D eigenvalue weighted by atomic mass is 10.2. The van der Waals surface area contributed by atoms with Crippen molar-refractivity contribution in [2.75, 3.05) is 12.3 Å². The Kier molecular flexibility index (Phi) is 2.02. The number of anilines is 1. The molecule has 0 radical (unpaired) electrons. The second-order valence-corrected chi connectivity index (χ2v) is 5.93. The predicted molar refractivity (Wildman–Crippen MR) is 59.9 cm³/mol. The van der Waals surface area contributed by atoms with Gasteiger partial charge in [-0.1, -0.05) is 0 Å². The Bertz CT molecular complexity index is 487. The molecule has 0 amide bonds. The lowest BCUT2D eigenvalue weighted by molar-refractivity contribution is 0.284. The molecular formula is C9H12N4O2S. The minimum atomic E-state index is -0.362. The Morgan fingerprint density at radius 1 is 1.75 bits per heavy atom. The maximum absolute atomic E-state index is 11.6. The summed E-state index contributed by atoms with van der Waals surface area (Å²) in [5.74, 6) is 0.531. The highest BCUT2D eigenvalue weighted by Gasteiger charge is 2.61. The zero-order valence-corrected chi connectivity index (χ0v) is 9.35. The van der Waals surface area contributed by atoms with Crippen LogP contribution in [-0.4, -0.2) is 31.0 Å². The van der Waals surface area contributed by atoms with Gasteiger partial charge >= 0.3 is 5.69 Å². The van der Waals surface area contributed by atoms with Gasteiger partial charge in [-0.2, -0.15) is 4.98 Å². The van der Waals surface area contributed by atoms with Gasteiger partial charge < -0.3 is 10.8 Å². The summed E-state index contributed by atoms with van der Waals surface area (Å²) in [5.41, 5.74) is 4.97. The summed E-state index contributed by atoms with van der Waals surface area (Å²) in [6, 6.07) is 0. The number of thioether (sulfide) groups is 1. The number of hydrogen-bond donors (Lipinski definition) is 2. The van der Waals surface area contributed by atoms with E-state index in [1.54, 1.807) is 11.8 Å². The summed E-state index contributed by atoms with van der Waals surface area (Å²) in [6.07, 6.45) is 3.39. The topological polar surface area (TPSA) is 94.0 Å². The van der Waals surface area contributed by atoms with Gasteiger partial charge in [-0.15, -0.1) is 11.8 Å². The fourth-order valence-electron chi connectivity index (χ4n) is 2.32. The Balaban J connectivity index is 1.87. The van der Waals surface area contributed by atoms with Crippen LogP contribution >= 0.6 is 11.8 Å². The SMILES string of the molecule is Nc1ncn([C@H]2CC3CC3(CO)S2)c(=O)n1. The lowest BCUT2D eigenvalue weighted by Gasteiger charge is -2.16. The van der Waals surface area contributed by atoms with Crippen molar-refractivity contribution < 1.29 is 5.11 Å². The van der Waals surface area contributed by atoms with Gasteiger partial charge in [0.25, 0.3) is 0 Å². The highest BCUT2D eigenvalue weighted by atomic mass is 32.2. The molecule has 1 aromatic rings. The third-order valence-electron chi connectivity index (χ3n) is 3.36. The van der Waals surface area contributed by atoms with Crippen LogP contribution in [0.1, 0.15) is 18.2 Å². The van der Waals surface area contributed by atoms with Crippen molar-refractivity contribution in [3.63, 3.8) is 0 Å². The summed E-state index contributed by atoms with van der Waals surface area (Å²) >= 11 is 1.65. The van der Waals surface area contributed by atoms with Crippen molar-refractivity contribution in [1.82, 2.24) is 14.5 Å². The van der Waals surface area contributed by atoms with E-state index < -0.39 is 0 Å². The van der Waals surface area contributed by atoms with Crippen molar-refractivity contribution in [3.05, 3.63) is 16.8 Å². The molecule has 1 saturated carbocycles. The number of hydrogen-bond acceptors (Lipinski definition) is 6. The van der Waals surface area contributed by atoms with E-state index in [2.05, 4.69) is 9.97 Å². The Hall–Kier alpha value is -1.08. The van der Waals surface area contributed by atoms with Crippen LogP contribution in [0.5, 0.6) is 0 Å². The number of nitrogen functional groups attached to an aromatic ring is 1. The van der Waals surface area contributed by atoms with E-state index in [-0.39, 0.29) is 28.4 Å². The number of nitrogens with zero attached hydrogens (tertiary/aromatic N) is 3. The van der Waals surface area contributed by atoms with Crippen LogP contribution in [0, 0.1) is 5.92 Å². The molecule has 3 atom stereocenters. The highest BCUT2D eigenvalue weighted by Crippen LogP contribution is 2.67. The van der Waals surface area contributed by atoms with Crippen molar-refractivity contribution >= 4 is 17.7 Å². The van der Waals surface area contributed by atoms with Gasteiger partial charge in [0, 0.05) is 4.75 Å². The van der Waals surface area contributed by atoms with E-state index >= 15 is 0 Å². The Morgan fingerprint density at radius 3 is 3.19 bits per heavy atom. The first-order valence-electron chi connectivity index (χ1n) is 5.14. The molecule has 1 saturated heterocycles. The summed E-state index contributed by atoms with van der Waals surface area (Å²) in [7, 11) is 0. The molecule has 86 valence electrons. The fourth-order valence-corrected chi connectivity index (χ4v) is 4.11. The average Bonchev–Trinajstić information content (AvgIpc) is 2.81. The van der Waals surface area contributed by atoms with Crippen LogP contribution in [0.2, 0.25) is 0 Å². The van der Waals surface area contributed by atoms with Gasteiger partial charge in [0.05, 0.1) is 12.0 Å². The van der Waals surface area contributed by atoms with Gasteiger partial charge in [0.1, 0.15) is 6.33 Å². The van der Waals surface area contributed by atoms with Crippen LogP contribution in [0.3, 0.4) is 0 Å². The molecule has 3 rings (SSSR count). The standard InChI is InChI=1S/C9H12N4O2S/c10-7-11-4-13(8(15)12-7)6-1-5-2-9(5,3-14)16-6/h4-6,14H,1-3H2,(H2,10,12,15)/t5?,6-,9?/m1/s1. The minimum Gasteiger partial charge on any atom is -0.395 e. The quantitative estimate of drug-likeness (QED) is 0.731. The molecule has 2 fully saturated rings. The van der Waals surface area contributed by atoms with Gasteiger partial charge in [0.2, 0.25) is 5.95 Å². The van der Waals surface area contributed by atoms with Crippen molar-refractivity contribution in [3.8, 4) is 0 Å². The smallest absolute Gasteiger partial charge is 0.353 e. The number of nitrogens with two attached hydrogens (primary N) is 1. The van der Waals surface area contributed by atoms with Crippen LogP contribution < -0.4 is 11.4 Å². The van der Waals surface area contributed by atoms with E-state index in [0.29, 0.717) is 5.92 Å². The molecule has 2 unspecified atom stereocenters. The third kappa shape index (κ3) is 1.35. The van der Waals surface area contributed by atoms with E-state index in [1.165, 1.54) is 10.9 Å². The summed E-state index contributed by atoms with van der Waals surface area (Å²) < 4.78 is 1.50. The lowest BCUT2D eigenvalue weighted by Crippen LogP contribution is -2.27. The highest BCUT2D eigenvalue weighted by molar-refractivity contribution is 8.01. The van der Waals surface area contributed by atoms with Crippen LogP contribution in [0.25, 0.3) is 0 Å². The first-order valence-corrected chi connectivity index (χ1v) is 6.02. The van der Waals surface area contributed by atoms with Crippen LogP contribution in [0.4, 0.5) is 5.95 Å². The number of aliphatic hydroxyl groups excluding tert-OH is 1. The first-order chi connectivity index (χ1) is 7.64. The molecule has 6 nitrogen and oxygen atoms in total. The second kappa shape index (κ2) is 3.21. The molecule has 7 heteroatoms. The molecule has 0 spiro atoms. The van der Waals surface area contributed by atoms with Gasteiger partial charge in [-0.3, -0.25) is 4.57 Å². The first kappa shape index (κ1) is 10.1. The van der Waals surface area contributed by atoms with Gasteiger partial charge in [-0.25, -0.2) is 9.78 Å². The molecule has 1 aliphatic carbocycles. The summed E-state index contributed by atoms with van der Waals surface area (Å²) in [4.78, 5) is 19.0. The summed E-state index contributed by atoms with van der Waals surface area (Å²) in [6.45, 7) is 0.184. The van der Waals surface area contributed by atoms with Crippen LogP contribution in [0.15, 0.2) is 11.1 Å². The third-order valence-corrected chi connectivity index (χ3v) is 5.15. The molecule has 16 heavy (non-hydrogen) atoms. The molecule has 1 aromatic heterocycles. The Morgan fingerprint density at radius 2 is 2.56 bits per heavy atom. The van der Waals surface area contributed by atoms with Crippen molar-refractivity contribution in [2.45, 2.75) is 23.0 Å². The number of rotatable bonds is 2. The molecule has 0 bridgehead atoms. The number of aliphatic hydroxyl groups is 1. The van der Waals surface area contributed by atoms with Gasteiger partial charge in [-0.05, 0) is 18.8 Å². The molecule has 0 aromatic carbocycles. The normalized spacial score (nSPS) is 36.1. The van der Waals surface area contributed by atoms with E-state index in [4.69, 9.17) is 5.73 Å². The monoisotopic (exact) mass is 240 g/mol. The molecule has 2 heterocycles. The number of fused-ring (bicyclic) bond motifs is 1. The molecule has 3 N–H and O–H groups in total. The zero-order chi connectivity index (χ0) is 11.3. The van der Waals surface area contributed by atoms with Crippen LogP contribution in [-0.2, 0) is 0 Å².